The summed E-state index contributed by atoms with van der Waals surface area (Å²) in [6, 6.07) is 8.11. The van der Waals surface area contributed by atoms with E-state index in [1.165, 1.54) is 12.1 Å². The summed E-state index contributed by atoms with van der Waals surface area (Å²) in [6.07, 6.45) is 0.548. The Bertz CT molecular complexity index is 657. The molecule has 6 heteroatoms. The van der Waals surface area contributed by atoms with Gasteiger partial charge in [0.05, 0.1) is 11.3 Å². The maximum Gasteiger partial charge on any atom is 0.337 e. The Morgan fingerprint density at radius 3 is 2.48 bits per heavy atom. The average Bonchev–Trinajstić information content (AvgIpc) is 2.43. The lowest BCUT2D eigenvalue weighted by atomic mass is 10.1. The number of hydrogen-bond donors (Lipinski definition) is 3. The van der Waals surface area contributed by atoms with Gasteiger partial charge in [-0.2, -0.15) is 0 Å². The van der Waals surface area contributed by atoms with E-state index in [1.54, 1.807) is 12.1 Å². The Morgan fingerprint density at radius 2 is 1.86 bits per heavy atom. The third-order valence-electron chi connectivity index (χ3n) is 3.01. The molecule has 4 nitrogen and oxygen atoms in total. The van der Waals surface area contributed by atoms with E-state index in [2.05, 4.69) is 5.32 Å². The number of carboxylic acids is 1. The molecule has 0 aliphatic heterocycles. The molecule has 0 saturated heterocycles. The molecule has 0 radical (unpaired) electrons. The van der Waals surface area contributed by atoms with Gasteiger partial charge in [-0.15, -0.1) is 0 Å². The van der Waals surface area contributed by atoms with E-state index in [9.17, 15) is 13.6 Å². The molecule has 0 unspecified atom stereocenters. The first kappa shape index (κ1) is 14.8. The maximum absolute atomic E-state index is 13.7. The zero-order valence-electron chi connectivity index (χ0n) is 11.1. The predicted molar refractivity (Wildman–Crippen MR) is 76.4 cm³/mol. The second-order valence-corrected chi connectivity index (χ2v) is 4.53. The van der Waals surface area contributed by atoms with Crippen molar-refractivity contribution in [1.29, 1.82) is 0 Å². The maximum atomic E-state index is 13.7. The molecule has 0 spiro atoms. The van der Waals surface area contributed by atoms with Crippen LogP contribution >= 0.6 is 0 Å². The zero-order valence-corrected chi connectivity index (χ0v) is 11.1. The molecular weight excluding hydrogens is 278 g/mol. The summed E-state index contributed by atoms with van der Waals surface area (Å²) in [5, 5.41) is 11.8. The minimum atomic E-state index is -1.21. The van der Waals surface area contributed by atoms with Gasteiger partial charge in [-0.1, -0.05) is 12.1 Å². The first-order valence-electron chi connectivity index (χ1n) is 6.28. The van der Waals surface area contributed by atoms with Gasteiger partial charge in [-0.05, 0) is 36.2 Å². The molecular formula is C15H14F2N2O2. The molecule has 21 heavy (non-hydrogen) atoms. The fraction of sp³-hybridized carbons (Fsp3) is 0.133. The molecule has 0 bridgehead atoms. The summed E-state index contributed by atoms with van der Waals surface area (Å²) < 4.78 is 26.4. The van der Waals surface area contributed by atoms with E-state index < -0.39 is 11.8 Å². The molecule has 0 heterocycles. The number of aromatic carboxylic acids is 1. The number of hydrogen-bond acceptors (Lipinski definition) is 3. The summed E-state index contributed by atoms with van der Waals surface area (Å²) >= 11 is 0. The van der Waals surface area contributed by atoms with Crippen LogP contribution in [0, 0.1) is 11.6 Å². The minimum Gasteiger partial charge on any atom is -0.478 e. The van der Waals surface area contributed by atoms with Gasteiger partial charge in [-0.25, -0.2) is 13.6 Å². The number of rotatable bonds is 5. The number of nitrogens with one attached hydrogen (secondary N) is 1. The van der Waals surface area contributed by atoms with Crippen molar-refractivity contribution in [3.05, 3.63) is 59.2 Å². The molecule has 2 aromatic carbocycles. The van der Waals surface area contributed by atoms with Crippen LogP contribution in [0.25, 0.3) is 0 Å². The number of benzene rings is 2. The van der Waals surface area contributed by atoms with Crippen molar-refractivity contribution in [2.24, 2.45) is 0 Å². The molecule has 2 rings (SSSR count). The number of carboxylic acid groups (broad SMARTS) is 1. The van der Waals surface area contributed by atoms with Crippen LogP contribution in [0.15, 0.2) is 36.4 Å². The van der Waals surface area contributed by atoms with E-state index in [0.29, 0.717) is 13.0 Å². The van der Waals surface area contributed by atoms with Crippen LogP contribution in [0.5, 0.6) is 0 Å². The predicted octanol–water partition coefficient (Wildman–Crippen LogP) is 2.90. The van der Waals surface area contributed by atoms with Crippen molar-refractivity contribution in [3.8, 4) is 0 Å². The van der Waals surface area contributed by atoms with Crippen LogP contribution in [0.2, 0.25) is 0 Å². The van der Waals surface area contributed by atoms with E-state index in [1.807, 2.05) is 0 Å². The molecule has 0 saturated carbocycles. The Labute approximate surface area is 120 Å². The summed E-state index contributed by atoms with van der Waals surface area (Å²) in [5.41, 5.74) is 6.13. The van der Waals surface area contributed by atoms with Gasteiger partial charge in [0.1, 0.15) is 11.6 Å². The number of anilines is 2. The quantitative estimate of drug-likeness (QED) is 0.741. The van der Waals surface area contributed by atoms with Gasteiger partial charge in [0.15, 0.2) is 0 Å². The molecule has 0 amide bonds. The highest BCUT2D eigenvalue weighted by Gasteiger charge is 2.12. The van der Waals surface area contributed by atoms with Crippen LogP contribution in [-0.4, -0.2) is 17.6 Å². The lowest BCUT2D eigenvalue weighted by molar-refractivity contribution is 0.0698. The Kier molecular flexibility index (Phi) is 4.37. The lowest BCUT2D eigenvalue weighted by Gasteiger charge is -2.10. The Balaban J connectivity index is 2.04. The first-order valence-corrected chi connectivity index (χ1v) is 6.28. The number of nitrogen functional groups attached to an aromatic ring is 1. The highest BCUT2D eigenvalue weighted by Crippen LogP contribution is 2.22. The third kappa shape index (κ3) is 3.68. The van der Waals surface area contributed by atoms with Crippen molar-refractivity contribution in [1.82, 2.24) is 0 Å². The van der Waals surface area contributed by atoms with Crippen molar-refractivity contribution >= 4 is 17.3 Å². The summed E-state index contributed by atoms with van der Waals surface area (Å²) in [6.45, 7) is 0.380. The van der Waals surface area contributed by atoms with E-state index in [-0.39, 0.29) is 22.8 Å². The number of halogens is 2. The Morgan fingerprint density at radius 1 is 1.19 bits per heavy atom. The standard InChI is InChI=1S/C15H14F2N2O2/c16-10-3-1-9(2-4-10)5-6-19-14-7-11(15(20)21)13(18)8-12(14)17/h1-4,7-8,19H,5-6,18H2,(H,20,21). The second-order valence-electron chi connectivity index (χ2n) is 4.53. The highest BCUT2D eigenvalue weighted by atomic mass is 19.1. The largest absolute Gasteiger partial charge is 0.478 e. The molecule has 0 atom stereocenters. The summed E-state index contributed by atoms with van der Waals surface area (Å²) in [5.74, 6) is -2.15. The zero-order chi connectivity index (χ0) is 15.4. The van der Waals surface area contributed by atoms with E-state index in [4.69, 9.17) is 10.8 Å². The number of nitrogens with two attached hydrogens (primary N) is 1. The van der Waals surface area contributed by atoms with Crippen LogP contribution in [0.1, 0.15) is 15.9 Å². The van der Waals surface area contributed by atoms with Crippen LogP contribution < -0.4 is 11.1 Å². The normalized spacial score (nSPS) is 10.4. The third-order valence-corrected chi connectivity index (χ3v) is 3.01. The molecule has 0 aromatic heterocycles. The van der Waals surface area contributed by atoms with Crippen molar-refractivity contribution in [2.45, 2.75) is 6.42 Å². The van der Waals surface area contributed by atoms with Gasteiger partial charge < -0.3 is 16.2 Å². The SMILES string of the molecule is Nc1cc(F)c(NCCc2ccc(F)cc2)cc1C(=O)O. The summed E-state index contributed by atoms with van der Waals surface area (Å²) in [4.78, 5) is 10.9. The molecule has 0 aliphatic carbocycles. The van der Waals surface area contributed by atoms with Gasteiger partial charge in [0.25, 0.3) is 0 Å². The lowest BCUT2D eigenvalue weighted by Crippen LogP contribution is -2.09. The molecule has 0 fully saturated rings. The number of carbonyl (C=O) groups is 1. The molecule has 4 N–H and O–H groups in total. The fourth-order valence-corrected chi connectivity index (χ4v) is 1.90. The monoisotopic (exact) mass is 292 g/mol. The van der Waals surface area contributed by atoms with Gasteiger partial charge in [0.2, 0.25) is 0 Å². The minimum absolute atomic E-state index is 0.0729. The molecule has 2 aromatic rings. The van der Waals surface area contributed by atoms with Crippen LogP contribution in [0.4, 0.5) is 20.2 Å². The van der Waals surface area contributed by atoms with Gasteiger partial charge in [-0.3, -0.25) is 0 Å². The van der Waals surface area contributed by atoms with Crippen molar-refractivity contribution in [3.63, 3.8) is 0 Å². The smallest absolute Gasteiger partial charge is 0.337 e. The molecule has 110 valence electrons. The van der Waals surface area contributed by atoms with Gasteiger partial charge in [0, 0.05) is 12.2 Å². The van der Waals surface area contributed by atoms with Crippen molar-refractivity contribution < 1.29 is 18.7 Å². The Hall–Kier alpha value is -2.63. The van der Waals surface area contributed by atoms with E-state index >= 15 is 0 Å². The van der Waals surface area contributed by atoms with Crippen molar-refractivity contribution in [2.75, 3.05) is 17.6 Å². The highest BCUT2D eigenvalue weighted by molar-refractivity contribution is 5.94. The summed E-state index contributed by atoms with van der Waals surface area (Å²) in [7, 11) is 0. The van der Waals surface area contributed by atoms with Gasteiger partial charge >= 0.3 is 5.97 Å². The first-order chi connectivity index (χ1) is 9.97. The van der Waals surface area contributed by atoms with E-state index in [0.717, 1.165) is 17.7 Å². The topological polar surface area (TPSA) is 75.3 Å². The van der Waals surface area contributed by atoms with Crippen LogP contribution in [-0.2, 0) is 6.42 Å². The fourth-order valence-electron chi connectivity index (χ4n) is 1.90. The second kappa shape index (κ2) is 6.21. The molecule has 0 aliphatic rings. The van der Waals surface area contributed by atoms with Crippen LogP contribution in [0.3, 0.4) is 0 Å². The average molecular weight is 292 g/mol.